The highest BCUT2D eigenvalue weighted by molar-refractivity contribution is 5.96. The molecule has 32 heavy (non-hydrogen) atoms. The van der Waals surface area contributed by atoms with Crippen LogP contribution in [-0.4, -0.2) is 32.6 Å². The zero-order chi connectivity index (χ0) is 23.7. The molecule has 1 heterocycles. The lowest BCUT2D eigenvalue weighted by Crippen LogP contribution is -2.67. The van der Waals surface area contributed by atoms with Crippen molar-refractivity contribution in [1.29, 1.82) is 0 Å². The predicted molar refractivity (Wildman–Crippen MR) is 118 cm³/mol. The van der Waals surface area contributed by atoms with Crippen molar-refractivity contribution < 1.29 is 24.7 Å². The molecule has 3 N–H and O–H groups in total. The zero-order valence-corrected chi connectivity index (χ0v) is 17.9. The summed E-state index contributed by atoms with van der Waals surface area (Å²) in [6.45, 7) is 5.02. The number of nitrogens with zero attached hydrogens (tertiary/aromatic N) is 1. The van der Waals surface area contributed by atoms with Crippen molar-refractivity contribution in [2.75, 3.05) is 0 Å². The second-order valence-corrected chi connectivity index (χ2v) is 7.94. The van der Waals surface area contributed by atoms with Crippen LogP contribution in [0.5, 0.6) is 0 Å². The van der Waals surface area contributed by atoms with Crippen LogP contribution in [0.15, 0.2) is 78.0 Å². The van der Waals surface area contributed by atoms with Gasteiger partial charge in [0.2, 0.25) is 0 Å². The number of rotatable bonds is 6. The lowest BCUT2D eigenvalue weighted by Gasteiger charge is -2.53. The Morgan fingerprint density at radius 1 is 1.12 bits per heavy atom. The Bertz CT molecular complexity index is 1140. The van der Waals surface area contributed by atoms with Crippen LogP contribution >= 0.6 is 0 Å². The second kappa shape index (κ2) is 8.30. The summed E-state index contributed by atoms with van der Waals surface area (Å²) < 4.78 is 0. The van der Waals surface area contributed by atoms with E-state index in [1.54, 1.807) is 63.3 Å². The number of aliphatic carboxylic acids is 2. The summed E-state index contributed by atoms with van der Waals surface area (Å²) in [5.41, 5.74) is -2.58. The quantitative estimate of drug-likeness (QED) is 0.354. The minimum Gasteiger partial charge on any atom is -0.480 e. The molecule has 2 aromatic rings. The molecule has 8 nitrogen and oxygen atoms in total. The normalized spacial score (nSPS) is 25.4. The maximum Gasteiger partial charge on any atom is 0.333 e. The van der Waals surface area contributed by atoms with E-state index in [9.17, 15) is 29.9 Å². The number of hydrogen-bond acceptors (Lipinski definition) is 5. The monoisotopic (exact) mass is 436 g/mol. The number of nitro groups is 1. The number of benzene rings is 2. The third kappa shape index (κ3) is 3.33. The van der Waals surface area contributed by atoms with Crippen molar-refractivity contribution in [3.63, 3.8) is 0 Å². The highest BCUT2D eigenvalue weighted by Crippen LogP contribution is 2.55. The molecule has 1 aliphatic rings. The molecule has 0 radical (unpaired) electrons. The van der Waals surface area contributed by atoms with Crippen LogP contribution in [0, 0.1) is 10.1 Å². The summed E-state index contributed by atoms with van der Waals surface area (Å²) in [6, 6.07) is 13.9. The zero-order valence-electron chi connectivity index (χ0n) is 17.9. The van der Waals surface area contributed by atoms with Crippen LogP contribution in [0.4, 0.5) is 5.69 Å². The van der Waals surface area contributed by atoms with Crippen molar-refractivity contribution in [2.45, 2.75) is 37.6 Å². The fraction of sp³-hybridized carbons (Fsp3) is 0.250. The summed E-state index contributed by atoms with van der Waals surface area (Å²) in [5.74, 6) is -3.77. The van der Waals surface area contributed by atoms with Gasteiger partial charge in [0.25, 0.3) is 5.69 Å². The van der Waals surface area contributed by atoms with Gasteiger partial charge in [-0.2, -0.15) is 0 Å². The number of carbonyl (C=O) groups is 2. The van der Waals surface area contributed by atoms with Crippen molar-refractivity contribution >= 4 is 17.6 Å². The average molecular weight is 436 g/mol. The molecule has 0 bridgehead atoms. The summed E-state index contributed by atoms with van der Waals surface area (Å²) in [6.07, 6.45) is 3.40. The fourth-order valence-electron chi connectivity index (χ4n) is 4.95. The number of hydrogen-bond donors (Lipinski definition) is 3. The van der Waals surface area contributed by atoms with E-state index < -0.39 is 33.7 Å². The Kier molecular flexibility index (Phi) is 5.90. The molecule has 0 aromatic heterocycles. The average Bonchev–Trinajstić information content (AvgIpc) is 2.73. The van der Waals surface area contributed by atoms with Crippen LogP contribution in [-0.2, 0) is 15.0 Å². The van der Waals surface area contributed by atoms with Gasteiger partial charge in [-0.1, -0.05) is 54.6 Å². The Morgan fingerprint density at radius 2 is 1.78 bits per heavy atom. The van der Waals surface area contributed by atoms with E-state index in [0.29, 0.717) is 11.3 Å². The van der Waals surface area contributed by atoms with Gasteiger partial charge in [-0.05, 0) is 31.9 Å². The molecular formula is C24H24N2O6. The standard InChI is InChI=1S/C24H24N2O6/c1-4-13-23(3)24(22(29)30,17-10-6-5-7-11-17)20(19(21(27)28)15(2)25-23)16-9-8-12-18(14-16)26(31)32/h4-14,20,25H,1-3H3,(H,27,28)(H,29,30)/b13-4+. The summed E-state index contributed by atoms with van der Waals surface area (Å²) >= 11 is 0. The Hall–Kier alpha value is -3.94. The number of carboxylic acids is 2. The minimum absolute atomic E-state index is 0.154. The first-order valence-corrected chi connectivity index (χ1v) is 9.99. The molecule has 0 saturated heterocycles. The molecule has 3 unspecified atom stereocenters. The highest BCUT2D eigenvalue weighted by Gasteiger charge is 2.63. The Labute approximate surface area is 185 Å². The molecule has 8 heteroatoms. The molecule has 3 rings (SSSR count). The Balaban J connectivity index is 2.54. The van der Waals surface area contributed by atoms with Crippen LogP contribution in [0.3, 0.4) is 0 Å². The molecular weight excluding hydrogens is 412 g/mol. The molecule has 3 atom stereocenters. The number of carboxylic acid groups (broad SMARTS) is 2. The second-order valence-electron chi connectivity index (χ2n) is 7.94. The summed E-state index contributed by atoms with van der Waals surface area (Å²) in [7, 11) is 0. The van der Waals surface area contributed by atoms with E-state index in [1.807, 2.05) is 0 Å². The maximum absolute atomic E-state index is 13.2. The SMILES string of the molecule is C/C=C/C1(C)NC(C)=C(C(=O)O)C(c2cccc([N+](=O)[O-])c2)C1(C(=O)O)c1ccccc1. The van der Waals surface area contributed by atoms with Crippen molar-refractivity contribution in [2.24, 2.45) is 0 Å². The molecule has 0 spiro atoms. The molecule has 2 aromatic carbocycles. The van der Waals surface area contributed by atoms with Gasteiger partial charge in [0.15, 0.2) is 0 Å². The van der Waals surface area contributed by atoms with Gasteiger partial charge in [-0.3, -0.25) is 14.9 Å². The van der Waals surface area contributed by atoms with Crippen molar-refractivity contribution in [1.82, 2.24) is 5.32 Å². The van der Waals surface area contributed by atoms with E-state index in [4.69, 9.17) is 0 Å². The van der Waals surface area contributed by atoms with Gasteiger partial charge >= 0.3 is 11.9 Å². The summed E-state index contributed by atoms with van der Waals surface area (Å²) in [4.78, 5) is 36.5. The van der Waals surface area contributed by atoms with Crippen molar-refractivity contribution in [3.05, 3.63) is 99.3 Å². The van der Waals surface area contributed by atoms with Crippen LogP contribution in [0.25, 0.3) is 0 Å². The third-order valence-electron chi connectivity index (χ3n) is 6.10. The van der Waals surface area contributed by atoms with E-state index in [0.717, 1.165) is 0 Å². The molecule has 1 aliphatic heterocycles. The first-order valence-electron chi connectivity index (χ1n) is 9.99. The topological polar surface area (TPSA) is 130 Å². The molecule has 166 valence electrons. The lowest BCUT2D eigenvalue weighted by molar-refractivity contribution is -0.384. The van der Waals surface area contributed by atoms with Gasteiger partial charge < -0.3 is 15.5 Å². The highest BCUT2D eigenvalue weighted by atomic mass is 16.6. The number of non-ortho nitro benzene ring substituents is 1. The van der Waals surface area contributed by atoms with Gasteiger partial charge in [0.1, 0.15) is 5.41 Å². The number of nitrogens with one attached hydrogen (secondary N) is 1. The third-order valence-corrected chi connectivity index (χ3v) is 6.10. The van der Waals surface area contributed by atoms with E-state index >= 15 is 0 Å². The Morgan fingerprint density at radius 3 is 2.31 bits per heavy atom. The largest absolute Gasteiger partial charge is 0.480 e. The van der Waals surface area contributed by atoms with E-state index in [-0.39, 0.29) is 16.8 Å². The van der Waals surface area contributed by atoms with Gasteiger partial charge in [0.05, 0.1) is 16.0 Å². The van der Waals surface area contributed by atoms with E-state index in [2.05, 4.69) is 5.32 Å². The van der Waals surface area contributed by atoms with E-state index in [1.165, 1.54) is 24.3 Å². The van der Waals surface area contributed by atoms with Crippen LogP contribution in [0.1, 0.15) is 37.8 Å². The van der Waals surface area contributed by atoms with Gasteiger partial charge in [0, 0.05) is 23.7 Å². The van der Waals surface area contributed by atoms with Gasteiger partial charge in [-0.25, -0.2) is 4.79 Å². The van der Waals surface area contributed by atoms with Crippen molar-refractivity contribution in [3.8, 4) is 0 Å². The molecule has 0 aliphatic carbocycles. The maximum atomic E-state index is 13.2. The van der Waals surface area contributed by atoms with Crippen LogP contribution in [0.2, 0.25) is 0 Å². The first kappa shape index (κ1) is 22.7. The first-order chi connectivity index (χ1) is 15.1. The smallest absolute Gasteiger partial charge is 0.333 e. The predicted octanol–water partition coefficient (Wildman–Crippen LogP) is 4.00. The molecule has 0 fully saturated rings. The number of nitro benzene ring substituents is 1. The minimum atomic E-state index is -1.83. The number of allylic oxidation sites excluding steroid dienone is 2. The van der Waals surface area contributed by atoms with Crippen LogP contribution < -0.4 is 5.32 Å². The van der Waals surface area contributed by atoms with Gasteiger partial charge in [-0.15, -0.1) is 0 Å². The molecule has 0 amide bonds. The fourth-order valence-corrected chi connectivity index (χ4v) is 4.95. The molecule has 0 saturated carbocycles. The lowest BCUT2D eigenvalue weighted by atomic mass is 9.53. The summed E-state index contributed by atoms with van der Waals surface area (Å²) in [5, 5.41) is 35.5.